The molecule has 0 bridgehead atoms. The molecule has 0 aliphatic heterocycles. The van der Waals surface area contributed by atoms with Gasteiger partial charge in [0.2, 0.25) is 0 Å². The number of carbonyl (C=O) groups is 1. The van der Waals surface area contributed by atoms with E-state index in [-0.39, 0.29) is 0 Å². The lowest BCUT2D eigenvalue weighted by Crippen LogP contribution is -2.13. The Bertz CT molecular complexity index is 574. The number of aromatic nitrogens is 2. The van der Waals surface area contributed by atoms with Crippen LogP contribution >= 0.6 is 0 Å². The van der Waals surface area contributed by atoms with Gasteiger partial charge in [-0.15, -0.1) is 0 Å². The van der Waals surface area contributed by atoms with Crippen LogP contribution in [-0.4, -0.2) is 27.7 Å². The molecule has 2 aromatic rings. The van der Waals surface area contributed by atoms with Gasteiger partial charge in [-0.05, 0) is 13.0 Å². The molecule has 0 radical (unpaired) electrons. The first-order chi connectivity index (χ1) is 8.06. The van der Waals surface area contributed by atoms with Crippen LogP contribution in [0.2, 0.25) is 0 Å². The van der Waals surface area contributed by atoms with Crippen molar-refractivity contribution in [1.29, 1.82) is 0 Å². The van der Waals surface area contributed by atoms with Crippen LogP contribution in [0, 0.1) is 6.92 Å². The highest BCUT2D eigenvalue weighted by molar-refractivity contribution is 5.86. The molecule has 0 fully saturated rings. The SMILES string of the molecule is COC(=O)C(O)c1cccc2c1nc(C)n2C. The van der Waals surface area contributed by atoms with Gasteiger partial charge in [0, 0.05) is 12.6 Å². The van der Waals surface area contributed by atoms with Gasteiger partial charge in [-0.25, -0.2) is 9.78 Å². The monoisotopic (exact) mass is 234 g/mol. The summed E-state index contributed by atoms with van der Waals surface area (Å²) in [6.45, 7) is 1.87. The van der Waals surface area contributed by atoms with E-state index < -0.39 is 12.1 Å². The molecule has 5 nitrogen and oxygen atoms in total. The minimum Gasteiger partial charge on any atom is -0.467 e. The van der Waals surface area contributed by atoms with Crippen molar-refractivity contribution in [2.45, 2.75) is 13.0 Å². The Balaban J connectivity index is 2.62. The van der Waals surface area contributed by atoms with Crippen LogP contribution < -0.4 is 0 Å². The molecule has 90 valence electrons. The first-order valence-corrected chi connectivity index (χ1v) is 5.24. The van der Waals surface area contributed by atoms with Crippen molar-refractivity contribution >= 4 is 17.0 Å². The predicted octanol–water partition coefficient (Wildman–Crippen LogP) is 1.09. The molecule has 0 spiro atoms. The average Bonchev–Trinajstić information content (AvgIpc) is 2.63. The number of para-hydroxylation sites is 1. The number of ether oxygens (including phenoxy) is 1. The summed E-state index contributed by atoms with van der Waals surface area (Å²) >= 11 is 0. The number of hydrogen-bond acceptors (Lipinski definition) is 4. The fraction of sp³-hybridized carbons (Fsp3) is 0.333. The van der Waals surface area contributed by atoms with Crippen molar-refractivity contribution in [3.8, 4) is 0 Å². The maximum atomic E-state index is 11.3. The van der Waals surface area contributed by atoms with Gasteiger partial charge in [0.1, 0.15) is 5.82 Å². The first kappa shape index (κ1) is 11.6. The lowest BCUT2D eigenvalue weighted by molar-refractivity contribution is -0.150. The van der Waals surface area contributed by atoms with E-state index in [1.807, 2.05) is 24.6 Å². The molecular formula is C12H14N2O3. The van der Waals surface area contributed by atoms with E-state index in [1.165, 1.54) is 7.11 Å². The largest absolute Gasteiger partial charge is 0.467 e. The van der Waals surface area contributed by atoms with Crippen LogP contribution in [0.4, 0.5) is 0 Å². The number of methoxy groups -OCH3 is 1. The molecule has 1 N–H and O–H groups in total. The summed E-state index contributed by atoms with van der Waals surface area (Å²) in [6, 6.07) is 5.35. The van der Waals surface area contributed by atoms with E-state index in [9.17, 15) is 9.90 Å². The normalized spacial score (nSPS) is 12.7. The summed E-state index contributed by atoms with van der Waals surface area (Å²) in [5.74, 6) is 0.144. The van der Waals surface area contributed by atoms with Crippen molar-refractivity contribution in [3.05, 3.63) is 29.6 Å². The molecule has 0 aliphatic carbocycles. The van der Waals surface area contributed by atoms with Gasteiger partial charge in [0.15, 0.2) is 6.10 Å². The first-order valence-electron chi connectivity index (χ1n) is 5.24. The van der Waals surface area contributed by atoms with Crippen LogP contribution in [0.15, 0.2) is 18.2 Å². The van der Waals surface area contributed by atoms with Gasteiger partial charge in [-0.3, -0.25) is 0 Å². The molecule has 5 heteroatoms. The third-order valence-electron chi connectivity index (χ3n) is 2.89. The second-order valence-corrected chi connectivity index (χ2v) is 3.86. The number of esters is 1. The highest BCUT2D eigenvalue weighted by Gasteiger charge is 2.22. The third kappa shape index (κ3) is 1.78. The van der Waals surface area contributed by atoms with Crippen LogP contribution in [0.5, 0.6) is 0 Å². The van der Waals surface area contributed by atoms with Gasteiger partial charge in [0.05, 0.1) is 18.1 Å². The van der Waals surface area contributed by atoms with Crippen molar-refractivity contribution in [1.82, 2.24) is 9.55 Å². The molecule has 0 saturated carbocycles. The molecule has 0 amide bonds. The lowest BCUT2D eigenvalue weighted by atomic mass is 10.1. The Labute approximate surface area is 98.6 Å². The zero-order valence-electron chi connectivity index (χ0n) is 9.97. The molecule has 1 aromatic heterocycles. The Morgan fingerprint density at radius 3 is 2.88 bits per heavy atom. The van der Waals surface area contributed by atoms with Crippen LogP contribution in [0.1, 0.15) is 17.5 Å². The number of carbonyl (C=O) groups excluding carboxylic acids is 1. The second-order valence-electron chi connectivity index (χ2n) is 3.86. The van der Waals surface area contributed by atoms with Gasteiger partial charge >= 0.3 is 5.97 Å². The third-order valence-corrected chi connectivity index (χ3v) is 2.89. The Hall–Kier alpha value is -1.88. The molecule has 0 saturated heterocycles. The Morgan fingerprint density at radius 2 is 2.24 bits per heavy atom. The van der Waals surface area contributed by atoms with E-state index in [1.54, 1.807) is 12.1 Å². The van der Waals surface area contributed by atoms with Crippen molar-refractivity contribution < 1.29 is 14.6 Å². The average molecular weight is 234 g/mol. The van der Waals surface area contributed by atoms with Crippen LogP contribution in [0.3, 0.4) is 0 Å². The van der Waals surface area contributed by atoms with Crippen LogP contribution in [-0.2, 0) is 16.6 Å². The summed E-state index contributed by atoms with van der Waals surface area (Å²) in [5, 5.41) is 9.86. The summed E-state index contributed by atoms with van der Waals surface area (Å²) in [4.78, 5) is 15.7. The number of aliphatic hydroxyl groups excluding tert-OH is 1. The highest BCUT2D eigenvalue weighted by Crippen LogP contribution is 2.24. The quantitative estimate of drug-likeness (QED) is 0.790. The number of aliphatic hydroxyl groups is 1. The highest BCUT2D eigenvalue weighted by atomic mass is 16.5. The summed E-state index contributed by atoms with van der Waals surface area (Å²) in [5.41, 5.74) is 1.98. The van der Waals surface area contributed by atoms with Gasteiger partial charge in [0.25, 0.3) is 0 Å². The molecule has 1 heterocycles. The minimum atomic E-state index is -1.29. The van der Waals surface area contributed by atoms with E-state index in [2.05, 4.69) is 9.72 Å². The number of imidazole rings is 1. The minimum absolute atomic E-state index is 0.470. The molecule has 1 atom stereocenters. The number of benzene rings is 1. The van der Waals surface area contributed by atoms with Gasteiger partial charge < -0.3 is 14.4 Å². The smallest absolute Gasteiger partial charge is 0.339 e. The van der Waals surface area contributed by atoms with Gasteiger partial charge in [-0.1, -0.05) is 12.1 Å². The maximum absolute atomic E-state index is 11.3. The number of aryl methyl sites for hydroxylation is 2. The van der Waals surface area contributed by atoms with E-state index >= 15 is 0 Å². The molecule has 1 aromatic carbocycles. The van der Waals surface area contributed by atoms with E-state index in [0.717, 1.165) is 11.3 Å². The standard InChI is InChI=1S/C12H14N2O3/c1-7-13-10-8(11(15)12(16)17-3)5-4-6-9(10)14(7)2/h4-6,11,15H,1-3H3. The Kier molecular flexibility index (Phi) is 2.85. The van der Waals surface area contributed by atoms with E-state index in [0.29, 0.717) is 11.1 Å². The van der Waals surface area contributed by atoms with Crippen molar-refractivity contribution in [2.24, 2.45) is 7.05 Å². The topological polar surface area (TPSA) is 64.3 Å². The van der Waals surface area contributed by atoms with Crippen molar-refractivity contribution in [2.75, 3.05) is 7.11 Å². The number of nitrogens with zero attached hydrogens (tertiary/aromatic N) is 2. The van der Waals surface area contributed by atoms with Crippen LogP contribution in [0.25, 0.3) is 11.0 Å². The van der Waals surface area contributed by atoms with E-state index in [4.69, 9.17) is 0 Å². The number of rotatable bonds is 2. The fourth-order valence-electron chi connectivity index (χ4n) is 1.81. The zero-order valence-corrected chi connectivity index (χ0v) is 9.97. The zero-order chi connectivity index (χ0) is 12.6. The molecule has 17 heavy (non-hydrogen) atoms. The second kappa shape index (κ2) is 4.18. The maximum Gasteiger partial charge on any atom is 0.339 e. The Morgan fingerprint density at radius 1 is 1.53 bits per heavy atom. The summed E-state index contributed by atoms with van der Waals surface area (Å²) < 4.78 is 6.43. The fourth-order valence-corrected chi connectivity index (χ4v) is 1.81. The summed E-state index contributed by atoms with van der Waals surface area (Å²) in [6.07, 6.45) is -1.29. The van der Waals surface area contributed by atoms with Crippen molar-refractivity contribution in [3.63, 3.8) is 0 Å². The number of fused-ring (bicyclic) bond motifs is 1. The molecule has 2 rings (SSSR count). The predicted molar refractivity (Wildman–Crippen MR) is 62.4 cm³/mol. The molecule has 1 unspecified atom stereocenters. The molecular weight excluding hydrogens is 220 g/mol. The lowest BCUT2D eigenvalue weighted by Gasteiger charge is -2.09. The van der Waals surface area contributed by atoms with Gasteiger partial charge in [-0.2, -0.15) is 0 Å². The number of hydrogen-bond donors (Lipinski definition) is 1. The molecule has 0 aliphatic rings. The summed E-state index contributed by atoms with van der Waals surface area (Å²) in [7, 11) is 3.13.